The van der Waals surface area contributed by atoms with E-state index in [1.807, 2.05) is 11.8 Å². The molecule has 0 aliphatic heterocycles. The van der Waals surface area contributed by atoms with Gasteiger partial charge in [0, 0.05) is 12.3 Å². The lowest BCUT2D eigenvalue weighted by Gasteiger charge is -2.18. The molecular weight excluding hydrogens is 186 g/mol. The van der Waals surface area contributed by atoms with Crippen molar-refractivity contribution in [1.82, 2.24) is 4.90 Å². The standard InChI is InChI=1S/C8H19N3OS/c1-3-11(5-6-13-4-2)7-8(9)10-12/h12H,3-7H2,1-2H3,(H2,9,10). The van der Waals surface area contributed by atoms with Gasteiger partial charge in [0.15, 0.2) is 5.84 Å². The number of hydrogen-bond acceptors (Lipinski definition) is 4. The van der Waals surface area contributed by atoms with E-state index in [2.05, 4.69) is 23.9 Å². The molecule has 0 aromatic heterocycles. The third-order valence-corrected chi connectivity index (χ3v) is 2.60. The molecule has 0 aromatic rings. The van der Waals surface area contributed by atoms with E-state index in [1.54, 1.807) is 0 Å². The van der Waals surface area contributed by atoms with Gasteiger partial charge in [-0.25, -0.2) is 0 Å². The summed E-state index contributed by atoms with van der Waals surface area (Å²) in [5.41, 5.74) is 5.41. The highest BCUT2D eigenvalue weighted by Crippen LogP contribution is 1.99. The third-order valence-electron chi connectivity index (χ3n) is 1.72. The fourth-order valence-electron chi connectivity index (χ4n) is 0.948. The smallest absolute Gasteiger partial charge is 0.153 e. The van der Waals surface area contributed by atoms with Crippen LogP contribution in [0.4, 0.5) is 0 Å². The van der Waals surface area contributed by atoms with E-state index in [-0.39, 0.29) is 5.84 Å². The molecule has 0 bridgehead atoms. The van der Waals surface area contributed by atoms with Crippen LogP contribution in [0.3, 0.4) is 0 Å². The summed E-state index contributed by atoms with van der Waals surface area (Å²) in [5, 5.41) is 11.3. The van der Waals surface area contributed by atoms with Crippen molar-refractivity contribution in [2.24, 2.45) is 10.9 Å². The first kappa shape index (κ1) is 12.6. The Labute approximate surface area is 84.2 Å². The Hall–Kier alpha value is -0.420. The molecule has 0 spiro atoms. The summed E-state index contributed by atoms with van der Waals surface area (Å²) in [7, 11) is 0. The molecule has 0 aliphatic rings. The van der Waals surface area contributed by atoms with Crippen LogP contribution in [0.25, 0.3) is 0 Å². The van der Waals surface area contributed by atoms with E-state index >= 15 is 0 Å². The number of oxime groups is 1. The van der Waals surface area contributed by atoms with Crippen LogP contribution in [-0.2, 0) is 0 Å². The van der Waals surface area contributed by atoms with Crippen molar-refractivity contribution in [2.45, 2.75) is 13.8 Å². The maximum absolute atomic E-state index is 8.38. The normalized spacial score (nSPS) is 12.4. The topological polar surface area (TPSA) is 61.8 Å². The van der Waals surface area contributed by atoms with Crippen molar-refractivity contribution in [3.05, 3.63) is 0 Å². The summed E-state index contributed by atoms with van der Waals surface area (Å²) >= 11 is 1.90. The number of likely N-dealkylation sites (N-methyl/N-ethyl adjacent to an activating group) is 1. The van der Waals surface area contributed by atoms with Crippen LogP contribution in [0.5, 0.6) is 0 Å². The zero-order valence-electron chi connectivity index (χ0n) is 8.36. The number of nitrogens with two attached hydrogens (primary N) is 1. The summed E-state index contributed by atoms with van der Waals surface area (Å²) in [5.74, 6) is 2.52. The van der Waals surface area contributed by atoms with Crippen molar-refractivity contribution in [3.8, 4) is 0 Å². The van der Waals surface area contributed by atoms with Crippen LogP contribution in [0.15, 0.2) is 5.16 Å². The molecule has 0 amide bonds. The van der Waals surface area contributed by atoms with Crippen LogP contribution >= 0.6 is 11.8 Å². The molecule has 0 heterocycles. The van der Waals surface area contributed by atoms with Crippen molar-refractivity contribution in [1.29, 1.82) is 0 Å². The molecule has 0 atom stereocenters. The largest absolute Gasteiger partial charge is 0.409 e. The predicted molar refractivity (Wildman–Crippen MR) is 58.5 cm³/mol. The number of nitrogens with zero attached hydrogens (tertiary/aromatic N) is 2. The molecule has 0 radical (unpaired) electrons. The molecule has 4 nitrogen and oxygen atoms in total. The number of thioether (sulfide) groups is 1. The van der Waals surface area contributed by atoms with Gasteiger partial charge in [0.05, 0.1) is 6.54 Å². The molecule has 0 saturated carbocycles. The Morgan fingerprint density at radius 3 is 2.69 bits per heavy atom. The molecule has 0 rings (SSSR count). The molecule has 0 aromatic carbocycles. The summed E-state index contributed by atoms with van der Waals surface area (Å²) in [6.07, 6.45) is 0. The van der Waals surface area contributed by atoms with Crippen molar-refractivity contribution in [2.75, 3.05) is 31.1 Å². The fraction of sp³-hybridized carbons (Fsp3) is 0.875. The second kappa shape index (κ2) is 8.19. The Kier molecular flexibility index (Phi) is 7.93. The highest BCUT2D eigenvalue weighted by atomic mass is 32.2. The molecule has 78 valence electrons. The van der Waals surface area contributed by atoms with Crippen LogP contribution in [-0.4, -0.2) is 47.1 Å². The third kappa shape index (κ3) is 6.72. The second-order valence-electron chi connectivity index (χ2n) is 2.66. The van der Waals surface area contributed by atoms with Gasteiger partial charge in [-0.05, 0) is 12.3 Å². The predicted octanol–water partition coefficient (Wildman–Crippen LogP) is 0.808. The van der Waals surface area contributed by atoms with Gasteiger partial charge in [0.25, 0.3) is 0 Å². The molecule has 0 unspecified atom stereocenters. The maximum Gasteiger partial charge on any atom is 0.153 e. The molecule has 0 fully saturated rings. The quantitative estimate of drug-likeness (QED) is 0.212. The molecular formula is C8H19N3OS. The molecule has 3 N–H and O–H groups in total. The zero-order valence-corrected chi connectivity index (χ0v) is 9.18. The number of rotatable bonds is 7. The van der Waals surface area contributed by atoms with E-state index in [4.69, 9.17) is 10.9 Å². The van der Waals surface area contributed by atoms with Gasteiger partial charge in [0.2, 0.25) is 0 Å². The first-order chi connectivity index (χ1) is 6.24. The SMILES string of the molecule is CCSCCN(CC)CC(N)=NO. The van der Waals surface area contributed by atoms with Crippen molar-refractivity contribution >= 4 is 17.6 Å². The van der Waals surface area contributed by atoms with Crippen LogP contribution in [0, 0.1) is 0 Å². The lowest BCUT2D eigenvalue weighted by atomic mass is 10.4. The van der Waals surface area contributed by atoms with Crippen LogP contribution in [0.2, 0.25) is 0 Å². The van der Waals surface area contributed by atoms with E-state index in [0.29, 0.717) is 6.54 Å². The molecule has 13 heavy (non-hydrogen) atoms. The molecule has 0 aliphatic carbocycles. The fourth-order valence-corrected chi connectivity index (χ4v) is 1.62. The Balaban J connectivity index is 3.63. The minimum atomic E-state index is 0.281. The summed E-state index contributed by atoms with van der Waals surface area (Å²) in [4.78, 5) is 2.15. The van der Waals surface area contributed by atoms with E-state index in [1.165, 1.54) is 0 Å². The van der Waals surface area contributed by atoms with Gasteiger partial charge in [-0.1, -0.05) is 19.0 Å². The average Bonchev–Trinajstić information content (AvgIpc) is 2.16. The van der Waals surface area contributed by atoms with E-state index in [9.17, 15) is 0 Å². The zero-order chi connectivity index (χ0) is 10.1. The lowest BCUT2D eigenvalue weighted by Crippen LogP contribution is -2.35. The molecule has 5 heteroatoms. The van der Waals surface area contributed by atoms with Gasteiger partial charge in [-0.3, -0.25) is 4.90 Å². The summed E-state index contributed by atoms with van der Waals surface area (Å²) in [6, 6.07) is 0. The van der Waals surface area contributed by atoms with Gasteiger partial charge >= 0.3 is 0 Å². The highest BCUT2D eigenvalue weighted by molar-refractivity contribution is 7.99. The minimum absolute atomic E-state index is 0.281. The summed E-state index contributed by atoms with van der Waals surface area (Å²) < 4.78 is 0. The van der Waals surface area contributed by atoms with Crippen LogP contribution < -0.4 is 5.73 Å². The number of amidine groups is 1. The van der Waals surface area contributed by atoms with Crippen molar-refractivity contribution in [3.63, 3.8) is 0 Å². The Morgan fingerprint density at radius 1 is 1.54 bits per heavy atom. The second-order valence-corrected chi connectivity index (χ2v) is 4.05. The lowest BCUT2D eigenvalue weighted by molar-refractivity contribution is 0.304. The average molecular weight is 205 g/mol. The highest BCUT2D eigenvalue weighted by Gasteiger charge is 2.03. The first-order valence-electron chi connectivity index (χ1n) is 4.51. The Bertz CT molecular complexity index is 152. The van der Waals surface area contributed by atoms with Gasteiger partial charge in [0.1, 0.15) is 0 Å². The van der Waals surface area contributed by atoms with E-state index < -0.39 is 0 Å². The van der Waals surface area contributed by atoms with Gasteiger partial charge < -0.3 is 10.9 Å². The monoisotopic (exact) mass is 205 g/mol. The maximum atomic E-state index is 8.38. The first-order valence-corrected chi connectivity index (χ1v) is 5.66. The molecule has 0 saturated heterocycles. The summed E-state index contributed by atoms with van der Waals surface area (Å²) in [6.45, 7) is 6.69. The Morgan fingerprint density at radius 2 is 2.23 bits per heavy atom. The van der Waals surface area contributed by atoms with Crippen LogP contribution in [0.1, 0.15) is 13.8 Å². The van der Waals surface area contributed by atoms with E-state index in [0.717, 1.165) is 24.6 Å². The van der Waals surface area contributed by atoms with Gasteiger partial charge in [-0.2, -0.15) is 11.8 Å². The van der Waals surface area contributed by atoms with Gasteiger partial charge in [-0.15, -0.1) is 0 Å². The number of hydrogen-bond donors (Lipinski definition) is 2. The van der Waals surface area contributed by atoms with Crippen molar-refractivity contribution < 1.29 is 5.21 Å². The minimum Gasteiger partial charge on any atom is -0.409 e.